The standard InChI is InChI=1S/C28H37N3O7/c1-8-28(35)21-15-23(31(7)24(32)20(21)16-37-25(28)33)18(3)30-22-11-10-19(14-17(22)2)36-13-9-12-29-26(34)38-27(4,5)6/h10-11,14-15,35H,8-9,12-13,16H2,1-7H3,(H,29,34)/b30-18+/t28-/m0/s1. The fraction of sp³-hybridized carbons (Fsp3) is 0.500. The highest BCUT2D eigenvalue weighted by Crippen LogP contribution is 2.33. The van der Waals surface area contributed by atoms with Crippen LogP contribution in [0.3, 0.4) is 0 Å². The summed E-state index contributed by atoms with van der Waals surface area (Å²) in [6, 6.07) is 7.14. The zero-order valence-electron chi connectivity index (χ0n) is 23.1. The van der Waals surface area contributed by atoms with E-state index in [9.17, 15) is 19.5 Å². The lowest BCUT2D eigenvalue weighted by atomic mass is 9.86. The second kappa shape index (κ2) is 11.4. The number of aliphatic imine (C=N–C) groups is 1. The van der Waals surface area contributed by atoms with Gasteiger partial charge in [-0.2, -0.15) is 0 Å². The van der Waals surface area contributed by atoms with E-state index in [0.29, 0.717) is 42.4 Å². The summed E-state index contributed by atoms with van der Waals surface area (Å²) >= 11 is 0. The number of carbonyl (C=O) groups is 2. The lowest BCUT2D eigenvalue weighted by Gasteiger charge is -2.32. The molecule has 1 aromatic carbocycles. The van der Waals surface area contributed by atoms with E-state index in [1.807, 2.05) is 39.8 Å². The predicted molar refractivity (Wildman–Crippen MR) is 143 cm³/mol. The SMILES string of the molecule is CC[C@@]1(O)C(=O)OCc2c1cc(/C(C)=N/c1ccc(OCCCNC(=O)OC(C)(C)C)cc1C)n(C)c2=O. The number of carbonyl (C=O) groups excluding carboxylic acids is 2. The van der Waals surface area contributed by atoms with Crippen molar-refractivity contribution in [1.82, 2.24) is 9.88 Å². The minimum Gasteiger partial charge on any atom is -0.494 e. The Morgan fingerprint density at radius 3 is 2.61 bits per heavy atom. The van der Waals surface area contributed by atoms with E-state index < -0.39 is 23.3 Å². The number of alkyl carbamates (subject to hydrolysis) is 1. The van der Waals surface area contributed by atoms with Crippen molar-refractivity contribution in [1.29, 1.82) is 0 Å². The number of rotatable bonds is 8. The smallest absolute Gasteiger partial charge is 0.407 e. The first-order valence-corrected chi connectivity index (χ1v) is 12.7. The molecule has 0 spiro atoms. The number of hydrogen-bond donors (Lipinski definition) is 2. The maximum absolute atomic E-state index is 13.0. The third kappa shape index (κ3) is 6.42. The summed E-state index contributed by atoms with van der Waals surface area (Å²) in [5, 5.41) is 13.7. The fourth-order valence-corrected chi connectivity index (χ4v) is 4.15. The number of benzene rings is 1. The number of pyridine rings is 1. The summed E-state index contributed by atoms with van der Waals surface area (Å²) in [6.07, 6.45) is 0.238. The minimum atomic E-state index is -1.87. The molecule has 1 aromatic heterocycles. The van der Waals surface area contributed by atoms with Crippen LogP contribution in [0.4, 0.5) is 10.5 Å². The Balaban J connectivity index is 1.72. The molecule has 0 aliphatic carbocycles. The number of aromatic nitrogens is 1. The number of hydrogen-bond acceptors (Lipinski definition) is 8. The molecule has 1 aliphatic rings. The summed E-state index contributed by atoms with van der Waals surface area (Å²) < 4.78 is 17.5. The number of aryl methyl sites for hydroxylation is 1. The highest BCUT2D eigenvalue weighted by molar-refractivity contribution is 5.99. The summed E-state index contributed by atoms with van der Waals surface area (Å²) in [4.78, 5) is 41.7. The number of nitrogens with zero attached hydrogens (tertiary/aromatic N) is 2. The summed E-state index contributed by atoms with van der Waals surface area (Å²) in [5.41, 5.74) is 0.394. The van der Waals surface area contributed by atoms with Crippen LogP contribution in [-0.4, -0.2) is 46.2 Å². The van der Waals surface area contributed by atoms with Gasteiger partial charge in [0, 0.05) is 19.2 Å². The molecule has 1 atom stereocenters. The summed E-state index contributed by atoms with van der Waals surface area (Å²) in [7, 11) is 1.62. The van der Waals surface area contributed by atoms with E-state index in [1.54, 1.807) is 33.0 Å². The molecule has 2 aromatic rings. The van der Waals surface area contributed by atoms with E-state index in [4.69, 9.17) is 19.2 Å². The van der Waals surface area contributed by atoms with Crippen LogP contribution in [0, 0.1) is 6.92 Å². The van der Waals surface area contributed by atoms with E-state index >= 15 is 0 Å². The molecular formula is C28H37N3O7. The van der Waals surface area contributed by atoms with Gasteiger partial charge in [0.15, 0.2) is 5.60 Å². The van der Waals surface area contributed by atoms with E-state index in [2.05, 4.69) is 5.32 Å². The second-order valence-electron chi connectivity index (χ2n) is 10.4. The Hall–Kier alpha value is -3.66. The molecule has 10 heteroatoms. The highest BCUT2D eigenvalue weighted by Gasteiger charge is 2.44. The number of aliphatic hydroxyl groups is 1. The van der Waals surface area contributed by atoms with Crippen molar-refractivity contribution in [2.24, 2.45) is 12.0 Å². The number of amides is 1. The van der Waals surface area contributed by atoms with Gasteiger partial charge in [-0.3, -0.25) is 9.79 Å². The molecule has 206 valence electrons. The van der Waals surface area contributed by atoms with Crippen molar-refractivity contribution in [2.45, 2.75) is 72.2 Å². The molecular weight excluding hydrogens is 490 g/mol. The van der Waals surface area contributed by atoms with Crippen LogP contribution in [0.2, 0.25) is 0 Å². The maximum Gasteiger partial charge on any atom is 0.407 e. The van der Waals surface area contributed by atoms with Crippen molar-refractivity contribution in [3.63, 3.8) is 0 Å². The van der Waals surface area contributed by atoms with Gasteiger partial charge in [0.05, 0.1) is 29.3 Å². The van der Waals surface area contributed by atoms with E-state index in [-0.39, 0.29) is 29.7 Å². The molecule has 1 amide bonds. The lowest BCUT2D eigenvalue weighted by molar-refractivity contribution is -0.172. The zero-order chi connectivity index (χ0) is 28.3. The van der Waals surface area contributed by atoms with Crippen LogP contribution < -0.4 is 15.6 Å². The van der Waals surface area contributed by atoms with Crippen LogP contribution >= 0.6 is 0 Å². The molecule has 0 fully saturated rings. The van der Waals surface area contributed by atoms with Gasteiger partial charge in [-0.25, -0.2) is 9.59 Å². The molecule has 0 bridgehead atoms. The molecule has 0 saturated heterocycles. The predicted octanol–water partition coefficient (Wildman–Crippen LogP) is 3.78. The second-order valence-corrected chi connectivity index (χ2v) is 10.4. The highest BCUT2D eigenvalue weighted by atomic mass is 16.6. The van der Waals surface area contributed by atoms with Gasteiger partial charge in [0.2, 0.25) is 0 Å². The van der Waals surface area contributed by atoms with Crippen LogP contribution in [0.15, 0.2) is 34.1 Å². The van der Waals surface area contributed by atoms with Crippen molar-refractivity contribution >= 4 is 23.5 Å². The Labute approximate surface area is 222 Å². The fourth-order valence-electron chi connectivity index (χ4n) is 4.15. The summed E-state index contributed by atoms with van der Waals surface area (Å²) in [6.45, 7) is 11.4. The molecule has 10 nitrogen and oxygen atoms in total. The normalized spacial score (nSPS) is 17.5. The third-order valence-electron chi connectivity index (χ3n) is 6.26. The Bertz CT molecular complexity index is 1310. The van der Waals surface area contributed by atoms with Crippen molar-refractivity contribution in [3.05, 3.63) is 57.0 Å². The molecule has 2 N–H and O–H groups in total. The van der Waals surface area contributed by atoms with Crippen molar-refractivity contribution < 1.29 is 28.9 Å². The average Bonchev–Trinajstić information content (AvgIpc) is 2.83. The topological polar surface area (TPSA) is 128 Å². The van der Waals surface area contributed by atoms with E-state index in [1.165, 1.54) is 4.57 Å². The van der Waals surface area contributed by atoms with Crippen molar-refractivity contribution in [3.8, 4) is 5.75 Å². The number of cyclic esters (lactones) is 1. The quantitative estimate of drug-likeness (QED) is 0.304. The Morgan fingerprint density at radius 1 is 1.26 bits per heavy atom. The Morgan fingerprint density at radius 2 is 1.97 bits per heavy atom. The summed E-state index contributed by atoms with van der Waals surface area (Å²) in [5.74, 6) is -0.0857. The Kier molecular flexibility index (Phi) is 8.66. The average molecular weight is 528 g/mol. The number of esters is 1. The van der Waals surface area contributed by atoms with Gasteiger partial charge < -0.3 is 29.2 Å². The first kappa shape index (κ1) is 28.9. The van der Waals surface area contributed by atoms with Crippen LogP contribution in [0.1, 0.15) is 69.8 Å². The number of fused-ring (bicyclic) bond motifs is 1. The molecule has 0 radical (unpaired) electrons. The molecule has 0 unspecified atom stereocenters. The molecule has 3 rings (SSSR count). The minimum absolute atomic E-state index is 0.0826. The van der Waals surface area contributed by atoms with Gasteiger partial charge >= 0.3 is 12.1 Å². The number of nitrogens with one attached hydrogen (secondary N) is 1. The third-order valence-corrected chi connectivity index (χ3v) is 6.26. The monoisotopic (exact) mass is 527 g/mol. The number of ether oxygens (including phenoxy) is 3. The molecule has 1 aliphatic heterocycles. The van der Waals surface area contributed by atoms with E-state index in [0.717, 1.165) is 5.56 Å². The molecule has 38 heavy (non-hydrogen) atoms. The van der Waals surface area contributed by atoms with Gasteiger partial charge in [-0.15, -0.1) is 0 Å². The van der Waals surface area contributed by atoms with Gasteiger partial charge in [0.1, 0.15) is 18.0 Å². The lowest BCUT2D eigenvalue weighted by Crippen LogP contribution is -2.44. The van der Waals surface area contributed by atoms with Crippen LogP contribution in [0.25, 0.3) is 0 Å². The van der Waals surface area contributed by atoms with Crippen molar-refractivity contribution in [2.75, 3.05) is 13.2 Å². The first-order chi connectivity index (χ1) is 17.8. The largest absolute Gasteiger partial charge is 0.494 e. The maximum atomic E-state index is 13.0. The van der Waals surface area contributed by atoms with Gasteiger partial charge in [-0.05, 0) is 77.3 Å². The zero-order valence-corrected chi connectivity index (χ0v) is 23.1. The molecule has 0 saturated carbocycles. The van der Waals surface area contributed by atoms with Gasteiger partial charge in [-0.1, -0.05) is 6.92 Å². The first-order valence-electron chi connectivity index (χ1n) is 12.7. The van der Waals surface area contributed by atoms with Crippen LogP contribution in [-0.2, 0) is 33.5 Å². The van der Waals surface area contributed by atoms with Gasteiger partial charge in [0.25, 0.3) is 5.56 Å². The molecule has 2 heterocycles. The van der Waals surface area contributed by atoms with Crippen LogP contribution in [0.5, 0.6) is 5.75 Å².